The van der Waals surface area contributed by atoms with E-state index in [0.29, 0.717) is 17.8 Å². The lowest BCUT2D eigenvalue weighted by atomic mass is 9.88. The number of fused-ring (bicyclic) bond motifs is 2. The van der Waals surface area contributed by atoms with E-state index in [1.54, 1.807) is 0 Å². The fraction of sp³-hybridized carbons (Fsp3) is 0.733. The molecule has 0 spiro atoms. The number of nitrogens with one attached hydrogen (secondary N) is 2. The van der Waals surface area contributed by atoms with Crippen molar-refractivity contribution in [3.8, 4) is 0 Å². The Hall–Kier alpha value is -1.36. The zero-order valence-corrected chi connectivity index (χ0v) is 12.2. The minimum absolute atomic E-state index is 0.00182. The van der Waals surface area contributed by atoms with Crippen LogP contribution in [0.15, 0.2) is 6.07 Å². The van der Waals surface area contributed by atoms with Crippen molar-refractivity contribution in [2.24, 2.45) is 5.92 Å². The van der Waals surface area contributed by atoms with Gasteiger partial charge in [0.05, 0.1) is 18.1 Å². The zero-order chi connectivity index (χ0) is 14.1. The molecule has 0 radical (unpaired) electrons. The molecule has 2 aliphatic rings. The van der Waals surface area contributed by atoms with Crippen LogP contribution in [0.25, 0.3) is 0 Å². The number of H-pyrrole nitrogens is 1. The summed E-state index contributed by atoms with van der Waals surface area (Å²) in [5, 5.41) is 10.1. The number of hydrogen-bond acceptors (Lipinski definition) is 3. The van der Waals surface area contributed by atoms with Crippen molar-refractivity contribution in [2.45, 2.75) is 64.1 Å². The van der Waals surface area contributed by atoms with Crippen molar-refractivity contribution in [2.75, 3.05) is 5.32 Å². The summed E-state index contributed by atoms with van der Waals surface area (Å²) in [7, 11) is 0. The van der Waals surface area contributed by atoms with Gasteiger partial charge in [0.2, 0.25) is 5.91 Å². The summed E-state index contributed by atoms with van der Waals surface area (Å²) in [4.78, 5) is 12.3. The van der Waals surface area contributed by atoms with Crippen LogP contribution < -0.4 is 5.32 Å². The van der Waals surface area contributed by atoms with E-state index in [1.165, 1.54) is 0 Å². The van der Waals surface area contributed by atoms with Gasteiger partial charge in [-0.05, 0) is 31.6 Å². The molecule has 0 aromatic carbocycles. The topological polar surface area (TPSA) is 67.0 Å². The van der Waals surface area contributed by atoms with Crippen LogP contribution in [0.1, 0.15) is 57.6 Å². The molecule has 5 nitrogen and oxygen atoms in total. The number of anilines is 1. The minimum Gasteiger partial charge on any atom is -0.374 e. The molecule has 2 N–H and O–H groups in total. The molecule has 3 heterocycles. The van der Waals surface area contributed by atoms with Crippen molar-refractivity contribution in [1.82, 2.24) is 10.2 Å². The van der Waals surface area contributed by atoms with E-state index in [1.807, 2.05) is 6.07 Å². The maximum Gasteiger partial charge on any atom is 0.231 e. The fourth-order valence-electron chi connectivity index (χ4n) is 3.37. The average molecular weight is 277 g/mol. The normalized spacial score (nSPS) is 29.6. The van der Waals surface area contributed by atoms with Gasteiger partial charge in [-0.1, -0.05) is 20.3 Å². The molecule has 0 unspecified atom stereocenters. The first-order valence-corrected chi connectivity index (χ1v) is 7.69. The second-order valence-electron chi connectivity index (χ2n) is 6.10. The van der Waals surface area contributed by atoms with Gasteiger partial charge in [-0.3, -0.25) is 9.89 Å². The third kappa shape index (κ3) is 2.59. The number of rotatable bonds is 5. The van der Waals surface area contributed by atoms with Gasteiger partial charge in [0.15, 0.2) is 5.82 Å². The van der Waals surface area contributed by atoms with E-state index < -0.39 is 0 Å². The van der Waals surface area contributed by atoms with Crippen molar-refractivity contribution in [3.63, 3.8) is 0 Å². The lowest BCUT2D eigenvalue weighted by Gasteiger charge is -2.16. The fourth-order valence-corrected chi connectivity index (χ4v) is 3.37. The van der Waals surface area contributed by atoms with Gasteiger partial charge >= 0.3 is 0 Å². The van der Waals surface area contributed by atoms with Gasteiger partial charge in [0.25, 0.3) is 0 Å². The quantitative estimate of drug-likeness (QED) is 0.869. The lowest BCUT2D eigenvalue weighted by Crippen LogP contribution is -2.30. The Morgan fingerprint density at radius 1 is 1.60 bits per heavy atom. The Morgan fingerprint density at radius 2 is 2.45 bits per heavy atom. The van der Waals surface area contributed by atoms with E-state index in [2.05, 4.69) is 29.4 Å². The van der Waals surface area contributed by atoms with E-state index >= 15 is 0 Å². The van der Waals surface area contributed by atoms with Crippen LogP contribution in [-0.2, 0) is 9.53 Å². The van der Waals surface area contributed by atoms with Crippen molar-refractivity contribution in [1.29, 1.82) is 0 Å². The summed E-state index contributed by atoms with van der Waals surface area (Å²) in [6, 6.07) is 1.95. The molecule has 5 heteroatoms. The molecule has 20 heavy (non-hydrogen) atoms. The molecule has 4 atom stereocenters. The number of aromatic amines is 1. The van der Waals surface area contributed by atoms with Crippen molar-refractivity contribution in [3.05, 3.63) is 11.8 Å². The molecule has 110 valence electrons. The van der Waals surface area contributed by atoms with Crippen LogP contribution in [0.3, 0.4) is 0 Å². The monoisotopic (exact) mass is 277 g/mol. The molecule has 0 saturated carbocycles. The van der Waals surface area contributed by atoms with Gasteiger partial charge < -0.3 is 10.1 Å². The number of carbonyl (C=O) groups is 1. The van der Waals surface area contributed by atoms with E-state index in [0.717, 1.165) is 37.8 Å². The van der Waals surface area contributed by atoms with Crippen LogP contribution in [-0.4, -0.2) is 28.3 Å². The highest BCUT2D eigenvalue weighted by Gasteiger charge is 2.44. The van der Waals surface area contributed by atoms with Gasteiger partial charge in [-0.15, -0.1) is 0 Å². The summed E-state index contributed by atoms with van der Waals surface area (Å²) in [6.07, 6.45) is 5.67. The number of aromatic nitrogens is 2. The highest BCUT2D eigenvalue weighted by molar-refractivity contribution is 5.92. The molecule has 0 aliphatic carbocycles. The molecule has 3 rings (SSSR count). The van der Waals surface area contributed by atoms with Crippen LogP contribution in [0.5, 0.6) is 0 Å². The van der Waals surface area contributed by atoms with Crippen LogP contribution >= 0.6 is 0 Å². The van der Waals surface area contributed by atoms with Crippen molar-refractivity contribution >= 4 is 11.7 Å². The van der Waals surface area contributed by atoms with Gasteiger partial charge in [-0.25, -0.2) is 0 Å². The summed E-state index contributed by atoms with van der Waals surface area (Å²) in [6.45, 7) is 4.34. The first-order chi connectivity index (χ1) is 9.67. The van der Waals surface area contributed by atoms with Gasteiger partial charge in [-0.2, -0.15) is 5.10 Å². The Morgan fingerprint density at radius 3 is 3.10 bits per heavy atom. The molecular formula is C15H23N3O2. The molecule has 2 bridgehead atoms. The lowest BCUT2D eigenvalue weighted by molar-refractivity contribution is -0.121. The predicted molar refractivity (Wildman–Crippen MR) is 76.5 cm³/mol. The van der Waals surface area contributed by atoms with Gasteiger partial charge in [0.1, 0.15) is 0 Å². The first kappa shape index (κ1) is 13.6. The Balaban J connectivity index is 1.59. The first-order valence-electron chi connectivity index (χ1n) is 7.69. The highest BCUT2D eigenvalue weighted by Crippen LogP contribution is 2.39. The SMILES string of the molecule is CCC[C@@H](C)c1cc(NC(=O)[C@@H]2C[C@H]3CC[C@H]2O3)n[nH]1. The number of amides is 1. The van der Waals surface area contributed by atoms with Crippen LogP contribution in [0.2, 0.25) is 0 Å². The molecule has 1 aromatic rings. The standard InChI is InChI=1S/C15H23N3O2/c1-3-4-9(2)12-8-14(18-17-12)16-15(19)11-7-10-5-6-13(11)20-10/h8-11,13H,3-7H2,1-2H3,(H2,16,17,18,19)/t9-,10-,11-,13-/m1/s1. The average Bonchev–Trinajstić information content (AvgIpc) is 3.14. The number of ether oxygens (including phenoxy) is 1. The largest absolute Gasteiger partial charge is 0.374 e. The molecule has 2 saturated heterocycles. The molecule has 2 fully saturated rings. The molecule has 1 aromatic heterocycles. The van der Waals surface area contributed by atoms with Crippen LogP contribution in [0.4, 0.5) is 5.82 Å². The molecule has 1 amide bonds. The summed E-state index contributed by atoms with van der Waals surface area (Å²) >= 11 is 0. The summed E-state index contributed by atoms with van der Waals surface area (Å²) in [5.74, 6) is 1.14. The Labute approximate surface area is 119 Å². The Kier molecular flexibility index (Phi) is 3.78. The summed E-state index contributed by atoms with van der Waals surface area (Å²) < 4.78 is 5.73. The Bertz CT molecular complexity index is 485. The molecule has 2 aliphatic heterocycles. The zero-order valence-electron chi connectivity index (χ0n) is 12.2. The third-order valence-corrected chi connectivity index (χ3v) is 4.54. The second kappa shape index (κ2) is 5.56. The summed E-state index contributed by atoms with van der Waals surface area (Å²) in [5.41, 5.74) is 1.09. The van der Waals surface area contributed by atoms with E-state index in [4.69, 9.17) is 4.74 Å². The molecular weight excluding hydrogens is 254 g/mol. The van der Waals surface area contributed by atoms with Crippen LogP contribution in [0, 0.1) is 5.92 Å². The maximum absolute atomic E-state index is 12.3. The maximum atomic E-state index is 12.3. The van der Waals surface area contributed by atoms with Crippen molar-refractivity contribution < 1.29 is 9.53 Å². The van der Waals surface area contributed by atoms with Gasteiger partial charge in [0, 0.05) is 11.8 Å². The van der Waals surface area contributed by atoms with E-state index in [9.17, 15) is 4.79 Å². The second-order valence-corrected chi connectivity index (χ2v) is 6.10. The number of carbonyl (C=O) groups excluding carboxylic acids is 1. The smallest absolute Gasteiger partial charge is 0.231 e. The number of nitrogens with zero attached hydrogens (tertiary/aromatic N) is 1. The predicted octanol–water partition coefficient (Wildman–Crippen LogP) is 2.82. The third-order valence-electron chi connectivity index (χ3n) is 4.54. The minimum atomic E-state index is 0.00182. The number of hydrogen-bond donors (Lipinski definition) is 2. The highest BCUT2D eigenvalue weighted by atomic mass is 16.5. The van der Waals surface area contributed by atoms with E-state index in [-0.39, 0.29) is 17.9 Å².